The summed E-state index contributed by atoms with van der Waals surface area (Å²) in [4.78, 5) is 24.4. The maximum atomic E-state index is 10.6. The van der Waals surface area contributed by atoms with Crippen molar-refractivity contribution in [3.63, 3.8) is 0 Å². The van der Waals surface area contributed by atoms with Gasteiger partial charge in [0.15, 0.2) is 5.76 Å². The molecular weight excluding hydrogens is 310 g/mol. The molecule has 0 radical (unpaired) electrons. The normalized spacial score (nSPS) is 15.1. The van der Waals surface area contributed by atoms with Crippen LogP contribution in [0.15, 0.2) is 53.2 Å². The van der Waals surface area contributed by atoms with Crippen LogP contribution in [-0.2, 0) is 25.9 Å². The maximum Gasteiger partial charge on any atom is 0.352 e. The summed E-state index contributed by atoms with van der Waals surface area (Å²) in [6.45, 7) is 2.96. The molecule has 1 aromatic carbocycles. The number of ether oxygens (including phenoxy) is 2. The molecule has 0 saturated carbocycles. The summed E-state index contributed by atoms with van der Waals surface area (Å²) in [7, 11) is 1.64. The fourth-order valence-corrected chi connectivity index (χ4v) is 1.97. The summed E-state index contributed by atoms with van der Waals surface area (Å²) in [6, 6.07) is 7.77. The van der Waals surface area contributed by atoms with Crippen molar-refractivity contribution in [1.82, 2.24) is 0 Å². The summed E-state index contributed by atoms with van der Waals surface area (Å²) in [5.41, 5.74) is 2.02. The number of allylic oxidation sites excluding steroid dienone is 3. The number of aliphatic imine (C=N–C) groups is 1. The molecule has 0 atom stereocenters. The van der Waals surface area contributed by atoms with E-state index < -0.39 is 5.97 Å². The van der Waals surface area contributed by atoms with E-state index in [0.717, 1.165) is 17.0 Å². The third-order valence-electron chi connectivity index (χ3n) is 3.19. The van der Waals surface area contributed by atoms with Gasteiger partial charge in [-0.05, 0) is 35.9 Å². The van der Waals surface area contributed by atoms with Gasteiger partial charge < -0.3 is 9.47 Å². The second-order valence-electron chi connectivity index (χ2n) is 5.08. The van der Waals surface area contributed by atoms with Crippen LogP contribution < -0.4 is 4.74 Å². The predicted molar refractivity (Wildman–Crippen MR) is 89.6 cm³/mol. The fraction of sp³-hybridized carbons (Fsp3) is 0.333. The highest BCUT2D eigenvalue weighted by atomic mass is 17.2. The highest BCUT2D eigenvalue weighted by Crippen LogP contribution is 2.12. The van der Waals surface area contributed by atoms with Crippen LogP contribution in [0.4, 0.5) is 0 Å². The van der Waals surface area contributed by atoms with Crippen LogP contribution in [0.1, 0.15) is 18.9 Å². The molecule has 0 amide bonds. The highest BCUT2D eigenvalue weighted by molar-refractivity contribution is 5.97. The van der Waals surface area contributed by atoms with Gasteiger partial charge in [0.05, 0.1) is 26.9 Å². The Bertz CT molecular complexity index is 631. The Balaban J connectivity index is 1.64. The molecule has 0 spiro atoms. The number of carbonyl (C=O) groups excluding carboxylic acids is 1. The van der Waals surface area contributed by atoms with Gasteiger partial charge in [-0.3, -0.25) is 14.8 Å². The van der Waals surface area contributed by atoms with Crippen LogP contribution in [0.2, 0.25) is 0 Å². The number of carbonyl (C=O) groups is 1. The number of rotatable bonds is 8. The molecule has 0 aliphatic heterocycles. The summed E-state index contributed by atoms with van der Waals surface area (Å²) < 4.78 is 10.7. The van der Waals surface area contributed by atoms with Crippen molar-refractivity contribution >= 4 is 11.7 Å². The van der Waals surface area contributed by atoms with E-state index in [9.17, 15) is 4.79 Å². The van der Waals surface area contributed by atoms with E-state index in [-0.39, 0.29) is 0 Å². The molecule has 6 nitrogen and oxygen atoms in total. The lowest BCUT2D eigenvalue weighted by Crippen LogP contribution is -2.06. The number of hydrogen-bond acceptors (Lipinski definition) is 6. The van der Waals surface area contributed by atoms with Crippen LogP contribution in [0.25, 0.3) is 0 Å². The van der Waals surface area contributed by atoms with Gasteiger partial charge in [0.2, 0.25) is 0 Å². The third kappa shape index (κ3) is 6.26. The van der Waals surface area contributed by atoms with E-state index in [1.165, 1.54) is 6.92 Å². The van der Waals surface area contributed by atoms with Crippen molar-refractivity contribution in [2.75, 3.05) is 20.3 Å². The molecule has 128 valence electrons. The van der Waals surface area contributed by atoms with Crippen LogP contribution >= 0.6 is 0 Å². The van der Waals surface area contributed by atoms with Gasteiger partial charge in [0, 0.05) is 19.1 Å². The molecule has 0 unspecified atom stereocenters. The molecule has 6 heteroatoms. The zero-order valence-electron chi connectivity index (χ0n) is 13.9. The molecule has 1 aliphatic rings. The maximum absolute atomic E-state index is 10.6. The molecular formula is C18H21NO5. The second kappa shape index (κ2) is 9.52. The van der Waals surface area contributed by atoms with E-state index in [2.05, 4.69) is 9.88 Å². The summed E-state index contributed by atoms with van der Waals surface area (Å²) in [5, 5.41) is 0. The molecule has 2 rings (SSSR count). The molecule has 0 heterocycles. The van der Waals surface area contributed by atoms with Gasteiger partial charge >= 0.3 is 5.97 Å². The molecule has 1 aromatic rings. The Kier molecular flexibility index (Phi) is 7.04. The van der Waals surface area contributed by atoms with E-state index in [1.807, 2.05) is 30.3 Å². The topological polar surface area (TPSA) is 66.3 Å². The lowest BCUT2D eigenvalue weighted by molar-refractivity contribution is -0.242. The molecule has 0 bridgehead atoms. The quantitative estimate of drug-likeness (QED) is 0.416. The van der Waals surface area contributed by atoms with Gasteiger partial charge in [-0.2, -0.15) is 0 Å². The Hall–Kier alpha value is -2.60. The lowest BCUT2D eigenvalue weighted by atomic mass is 10.1. The van der Waals surface area contributed by atoms with Gasteiger partial charge in [-0.25, -0.2) is 4.79 Å². The summed E-state index contributed by atoms with van der Waals surface area (Å²) in [6.07, 6.45) is 5.98. The Morgan fingerprint density at radius 2 is 2.00 bits per heavy atom. The van der Waals surface area contributed by atoms with Gasteiger partial charge in [-0.15, -0.1) is 0 Å². The zero-order chi connectivity index (χ0) is 17.2. The first-order valence-electron chi connectivity index (χ1n) is 7.64. The van der Waals surface area contributed by atoms with Crippen molar-refractivity contribution in [3.05, 3.63) is 53.8 Å². The smallest absolute Gasteiger partial charge is 0.352 e. The standard InChI is InChI=1S/C18H21NO5/c1-14(20)23-24-18-9-5-16(6-10-18)19-11-12-22-13-15-3-7-17(21-2)8-4-15/h3-5,7-10H,6,11-13H2,1-2H3. The SMILES string of the molecule is COc1ccc(COCCN=C2C=CC(OOC(C)=O)=CC2)cc1. The van der Waals surface area contributed by atoms with Crippen molar-refractivity contribution in [3.8, 4) is 5.75 Å². The summed E-state index contributed by atoms with van der Waals surface area (Å²) >= 11 is 0. The fourth-order valence-electron chi connectivity index (χ4n) is 1.97. The van der Waals surface area contributed by atoms with Crippen LogP contribution in [0.5, 0.6) is 5.75 Å². The van der Waals surface area contributed by atoms with Gasteiger partial charge in [0.25, 0.3) is 0 Å². The molecule has 1 aliphatic carbocycles. The van der Waals surface area contributed by atoms with Gasteiger partial charge in [0.1, 0.15) is 5.75 Å². The molecule has 0 aromatic heterocycles. The van der Waals surface area contributed by atoms with Crippen LogP contribution in [0, 0.1) is 0 Å². The van der Waals surface area contributed by atoms with Crippen LogP contribution in [0.3, 0.4) is 0 Å². The largest absolute Gasteiger partial charge is 0.497 e. The number of methoxy groups -OCH3 is 1. The zero-order valence-corrected chi connectivity index (χ0v) is 13.9. The van der Waals surface area contributed by atoms with Crippen molar-refractivity contribution in [2.45, 2.75) is 20.0 Å². The van der Waals surface area contributed by atoms with Crippen LogP contribution in [-0.4, -0.2) is 31.9 Å². The van der Waals surface area contributed by atoms with Crippen molar-refractivity contribution < 1.29 is 24.0 Å². The number of nitrogens with zero attached hydrogens (tertiary/aromatic N) is 1. The first-order valence-corrected chi connectivity index (χ1v) is 7.64. The number of benzene rings is 1. The molecule has 24 heavy (non-hydrogen) atoms. The van der Waals surface area contributed by atoms with E-state index in [4.69, 9.17) is 14.4 Å². The average molecular weight is 331 g/mol. The van der Waals surface area contributed by atoms with E-state index in [0.29, 0.717) is 31.9 Å². The van der Waals surface area contributed by atoms with E-state index in [1.54, 1.807) is 19.3 Å². The molecule has 0 fully saturated rings. The molecule has 0 saturated heterocycles. The molecule has 0 N–H and O–H groups in total. The Labute approximate surface area is 141 Å². The minimum absolute atomic E-state index is 0.488. The minimum atomic E-state index is -0.488. The van der Waals surface area contributed by atoms with Crippen molar-refractivity contribution in [2.24, 2.45) is 4.99 Å². The first-order chi connectivity index (χ1) is 11.7. The Morgan fingerprint density at radius 1 is 1.21 bits per heavy atom. The summed E-state index contributed by atoms with van der Waals surface area (Å²) in [5.74, 6) is 0.844. The predicted octanol–water partition coefficient (Wildman–Crippen LogP) is 2.99. The highest BCUT2D eigenvalue weighted by Gasteiger charge is 2.05. The third-order valence-corrected chi connectivity index (χ3v) is 3.19. The number of hydrogen-bond donors (Lipinski definition) is 0. The first kappa shape index (κ1) is 17.7. The van der Waals surface area contributed by atoms with E-state index >= 15 is 0 Å². The second-order valence-corrected chi connectivity index (χ2v) is 5.08. The lowest BCUT2D eigenvalue weighted by Gasteiger charge is -2.08. The van der Waals surface area contributed by atoms with Crippen molar-refractivity contribution in [1.29, 1.82) is 0 Å². The minimum Gasteiger partial charge on any atom is -0.497 e. The Morgan fingerprint density at radius 3 is 2.62 bits per heavy atom. The monoisotopic (exact) mass is 331 g/mol. The van der Waals surface area contributed by atoms with Gasteiger partial charge in [-0.1, -0.05) is 12.1 Å². The average Bonchev–Trinajstić information content (AvgIpc) is 2.61.